The third-order valence-corrected chi connectivity index (χ3v) is 7.39. The summed E-state index contributed by atoms with van der Waals surface area (Å²) in [5, 5.41) is 5.97. The number of nitrogens with one attached hydrogen (secondary N) is 2. The summed E-state index contributed by atoms with van der Waals surface area (Å²) in [6.07, 6.45) is -3.05. The van der Waals surface area contributed by atoms with Crippen LogP contribution in [0.15, 0.2) is 46.9 Å². The highest BCUT2D eigenvalue weighted by atomic mass is 79.9. The molecule has 2 aromatic rings. The van der Waals surface area contributed by atoms with Gasteiger partial charge in [-0.25, -0.2) is 4.39 Å². The second kappa shape index (κ2) is 9.89. The molecule has 2 fully saturated rings. The van der Waals surface area contributed by atoms with Crippen molar-refractivity contribution in [1.29, 1.82) is 0 Å². The van der Waals surface area contributed by atoms with Crippen LogP contribution in [0.4, 0.5) is 17.6 Å². The molecule has 1 heterocycles. The summed E-state index contributed by atoms with van der Waals surface area (Å²) in [7, 11) is 1.83. The number of rotatable bonds is 7. The van der Waals surface area contributed by atoms with Crippen LogP contribution in [0.1, 0.15) is 36.0 Å². The summed E-state index contributed by atoms with van der Waals surface area (Å²) in [6.45, 7) is 1.07. The van der Waals surface area contributed by atoms with Gasteiger partial charge in [0.25, 0.3) is 0 Å². The lowest BCUT2D eigenvalue weighted by atomic mass is 9.92. The molecular formula is C25H26BrF4N3O2. The van der Waals surface area contributed by atoms with E-state index < -0.39 is 34.9 Å². The first-order chi connectivity index (χ1) is 16.5. The highest BCUT2D eigenvalue weighted by molar-refractivity contribution is 9.10. The summed E-state index contributed by atoms with van der Waals surface area (Å²) in [5.41, 5.74) is -1.62. The van der Waals surface area contributed by atoms with E-state index in [1.54, 1.807) is 4.90 Å². The first-order valence-corrected chi connectivity index (χ1v) is 12.2. The second-order valence-corrected chi connectivity index (χ2v) is 10.1. The summed E-state index contributed by atoms with van der Waals surface area (Å²) in [6, 6.07) is 8.91. The summed E-state index contributed by atoms with van der Waals surface area (Å²) >= 11 is 3.38. The maximum Gasteiger partial charge on any atom is 0.416 e. The Balaban J connectivity index is 1.57. The van der Waals surface area contributed by atoms with Gasteiger partial charge in [0.1, 0.15) is 11.9 Å². The molecule has 35 heavy (non-hydrogen) atoms. The number of carbonyl (C=O) groups excluding carboxylic acids is 2. The Morgan fingerprint density at radius 2 is 1.86 bits per heavy atom. The molecule has 2 aliphatic rings. The highest BCUT2D eigenvalue weighted by Crippen LogP contribution is 2.50. The van der Waals surface area contributed by atoms with Crippen LogP contribution in [0, 0.1) is 5.82 Å². The Hall–Kier alpha value is -2.46. The van der Waals surface area contributed by atoms with Crippen molar-refractivity contribution in [2.24, 2.45) is 0 Å². The molecule has 188 valence electrons. The Labute approximate surface area is 209 Å². The zero-order valence-corrected chi connectivity index (χ0v) is 20.7. The van der Waals surface area contributed by atoms with Gasteiger partial charge in [0, 0.05) is 35.6 Å². The van der Waals surface area contributed by atoms with Crippen molar-refractivity contribution in [2.45, 2.75) is 49.4 Å². The van der Waals surface area contributed by atoms with E-state index in [0.29, 0.717) is 32.0 Å². The molecule has 1 aliphatic carbocycles. The Kier molecular flexibility index (Phi) is 7.24. The normalized spacial score (nSPS) is 19.9. The lowest BCUT2D eigenvalue weighted by molar-refractivity contribution is -0.138. The Bertz CT molecular complexity index is 1100. The van der Waals surface area contributed by atoms with Gasteiger partial charge in [0.15, 0.2) is 0 Å². The van der Waals surface area contributed by atoms with Crippen molar-refractivity contribution in [1.82, 2.24) is 15.5 Å². The molecular weight excluding hydrogens is 530 g/mol. The van der Waals surface area contributed by atoms with Gasteiger partial charge in [-0.15, -0.1) is 0 Å². The topological polar surface area (TPSA) is 61.4 Å². The predicted molar refractivity (Wildman–Crippen MR) is 126 cm³/mol. The van der Waals surface area contributed by atoms with Crippen LogP contribution >= 0.6 is 15.9 Å². The number of halogens is 5. The van der Waals surface area contributed by atoms with Gasteiger partial charge in [0.2, 0.25) is 11.8 Å². The van der Waals surface area contributed by atoms with E-state index in [9.17, 15) is 27.2 Å². The van der Waals surface area contributed by atoms with Crippen molar-refractivity contribution in [3.8, 4) is 0 Å². The Morgan fingerprint density at radius 3 is 2.40 bits per heavy atom. The number of carbonyl (C=O) groups is 2. The van der Waals surface area contributed by atoms with Crippen LogP contribution in [-0.4, -0.2) is 48.9 Å². The lowest BCUT2D eigenvalue weighted by Gasteiger charge is -2.27. The average Bonchev–Trinajstić information content (AvgIpc) is 3.48. The molecule has 0 spiro atoms. The minimum Gasteiger partial charge on any atom is -0.343 e. The van der Waals surface area contributed by atoms with Crippen LogP contribution in [0.5, 0.6) is 0 Å². The highest BCUT2D eigenvalue weighted by Gasteiger charge is 2.54. The van der Waals surface area contributed by atoms with Gasteiger partial charge >= 0.3 is 6.18 Å². The van der Waals surface area contributed by atoms with Gasteiger partial charge in [-0.1, -0.05) is 34.1 Å². The van der Waals surface area contributed by atoms with E-state index in [1.807, 2.05) is 31.3 Å². The molecule has 1 saturated heterocycles. The lowest BCUT2D eigenvalue weighted by Crippen LogP contribution is -2.52. The molecule has 0 bridgehead atoms. The van der Waals surface area contributed by atoms with E-state index in [-0.39, 0.29) is 23.9 Å². The molecule has 2 atom stereocenters. The van der Waals surface area contributed by atoms with E-state index in [0.717, 1.165) is 28.6 Å². The van der Waals surface area contributed by atoms with Crippen LogP contribution in [0.2, 0.25) is 0 Å². The zero-order valence-electron chi connectivity index (χ0n) is 19.1. The van der Waals surface area contributed by atoms with Crippen molar-refractivity contribution >= 4 is 27.7 Å². The van der Waals surface area contributed by atoms with Crippen LogP contribution < -0.4 is 10.6 Å². The predicted octanol–water partition coefficient (Wildman–Crippen LogP) is 4.19. The maximum absolute atomic E-state index is 14.7. The minimum atomic E-state index is -4.68. The fraction of sp³-hybridized carbons (Fsp3) is 0.440. The van der Waals surface area contributed by atoms with Crippen LogP contribution in [0.25, 0.3) is 0 Å². The first kappa shape index (κ1) is 25.6. The van der Waals surface area contributed by atoms with E-state index in [1.165, 1.54) is 0 Å². The van der Waals surface area contributed by atoms with Crippen LogP contribution in [-0.2, 0) is 27.6 Å². The molecule has 1 unspecified atom stereocenters. The monoisotopic (exact) mass is 555 g/mol. The molecule has 1 saturated carbocycles. The standard InChI is InChI=1S/C25H26BrF4N3O2/c1-31-18-8-11-33(14-18)22(34)21(12-15-2-5-17(26)6-3-15)32-23(35)24(9-10-24)19-7-4-16(13-20(19)27)25(28,29)30/h2-7,13,18,21,31H,8-12,14H2,1H3,(H,32,35)/t18-,21?/m1/s1. The maximum atomic E-state index is 14.7. The number of likely N-dealkylation sites (N-methyl/N-ethyl adjacent to an activating group) is 1. The molecule has 5 nitrogen and oxygen atoms in total. The number of benzene rings is 2. The third kappa shape index (κ3) is 5.53. The quantitative estimate of drug-likeness (QED) is 0.504. The van der Waals surface area contributed by atoms with Gasteiger partial charge < -0.3 is 15.5 Å². The fourth-order valence-electron chi connectivity index (χ4n) is 4.59. The van der Waals surface area contributed by atoms with Gasteiger partial charge in [0.05, 0.1) is 11.0 Å². The number of amides is 2. The van der Waals surface area contributed by atoms with E-state index in [2.05, 4.69) is 26.6 Å². The zero-order chi connectivity index (χ0) is 25.4. The number of likely N-dealkylation sites (tertiary alicyclic amines) is 1. The SMILES string of the molecule is CN[C@@H]1CCN(C(=O)C(Cc2ccc(Br)cc2)NC(=O)C2(c3ccc(C(F)(F)F)cc3F)CC2)C1. The molecule has 2 N–H and O–H groups in total. The summed E-state index contributed by atoms with van der Waals surface area (Å²) < 4.78 is 54.5. The molecule has 0 aromatic heterocycles. The Morgan fingerprint density at radius 1 is 1.17 bits per heavy atom. The molecule has 2 aromatic carbocycles. The van der Waals surface area contributed by atoms with Crippen molar-refractivity contribution in [2.75, 3.05) is 20.1 Å². The molecule has 1 aliphatic heterocycles. The number of nitrogens with zero attached hydrogens (tertiary/aromatic N) is 1. The summed E-state index contributed by atoms with van der Waals surface area (Å²) in [4.78, 5) is 28.5. The van der Waals surface area contributed by atoms with Crippen LogP contribution in [0.3, 0.4) is 0 Å². The minimum absolute atomic E-state index is 0.0748. The number of alkyl halides is 3. The number of hydrogen-bond donors (Lipinski definition) is 2. The van der Waals surface area contributed by atoms with Gasteiger partial charge in [-0.2, -0.15) is 13.2 Å². The number of hydrogen-bond acceptors (Lipinski definition) is 3. The van der Waals surface area contributed by atoms with Gasteiger partial charge in [-0.05, 0) is 56.1 Å². The molecule has 4 rings (SSSR count). The van der Waals surface area contributed by atoms with Crippen molar-refractivity contribution in [3.63, 3.8) is 0 Å². The summed E-state index contributed by atoms with van der Waals surface area (Å²) in [5.74, 6) is -1.85. The van der Waals surface area contributed by atoms with E-state index in [4.69, 9.17) is 0 Å². The molecule has 0 radical (unpaired) electrons. The second-order valence-electron chi connectivity index (χ2n) is 9.19. The van der Waals surface area contributed by atoms with Gasteiger partial charge in [-0.3, -0.25) is 9.59 Å². The van der Waals surface area contributed by atoms with Crippen molar-refractivity contribution < 1.29 is 27.2 Å². The fourth-order valence-corrected chi connectivity index (χ4v) is 4.86. The average molecular weight is 556 g/mol. The third-order valence-electron chi connectivity index (χ3n) is 6.86. The molecule has 2 amide bonds. The largest absolute Gasteiger partial charge is 0.416 e. The smallest absolute Gasteiger partial charge is 0.343 e. The van der Waals surface area contributed by atoms with Crippen molar-refractivity contribution in [3.05, 3.63) is 69.4 Å². The molecule has 10 heteroatoms. The first-order valence-electron chi connectivity index (χ1n) is 11.4. The van der Waals surface area contributed by atoms with E-state index >= 15 is 0 Å².